The Labute approximate surface area is 109 Å². The van der Waals surface area contributed by atoms with Crippen molar-refractivity contribution in [2.75, 3.05) is 23.7 Å². The van der Waals surface area contributed by atoms with Crippen molar-refractivity contribution in [1.29, 1.82) is 0 Å². The van der Waals surface area contributed by atoms with E-state index in [0.29, 0.717) is 12.5 Å². The average Bonchev–Trinajstić information content (AvgIpc) is 2.27. The van der Waals surface area contributed by atoms with E-state index in [4.69, 9.17) is 5.73 Å². The first-order chi connectivity index (χ1) is 8.95. The number of aromatic nitrogens is 2. The minimum absolute atomic E-state index is 0.0662. The van der Waals surface area contributed by atoms with Gasteiger partial charge in [0, 0.05) is 19.5 Å². The molecule has 0 spiro atoms. The molecule has 0 aromatic carbocycles. The molecule has 0 aliphatic rings. The summed E-state index contributed by atoms with van der Waals surface area (Å²) in [6, 6.07) is 0. The number of carbonyl (C=O) groups excluding carboxylic acids is 1. The lowest BCUT2D eigenvalue weighted by Crippen LogP contribution is -2.17. The second-order valence-corrected chi connectivity index (χ2v) is 3.76. The number of nitrogens with two attached hydrogens (primary N) is 1. The highest BCUT2D eigenvalue weighted by Crippen LogP contribution is 2.26. The van der Waals surface area contributed by atoms with Crippen LogP contribution in [0.3, 0.4) is 0 Å². The Bertz CT molecular complexity index is 490. The summed E-state index contributed by atoms with van der Waals surface area (Å²) < 4.78 is 0. The van der Waals surface area contributed by atoms with Crippen LogP contribution in [-0.2, 0) is 4.79 Å². The first-order valence-corrected chi connectivity index (χ1v) is 5.74. The normalized spacial score (nSPS) is 10.0. The Morgan fingerprint density at radius 3 is 2.63 bits per heavy atom. The van der Waals surface area contributed by atoms with Gasteiger partial charge in [-0.2, -0.15) is 4.98 Å². The largest absolute Gasteiger partial charge is 0.370 e. The van der Waals surface area contributed by atoms with Crippen molar-refractivity contribution in [2.24, 2.45) is 5.73 Å². The molecule has 1 amide bonds. The lowest BCUT2D eigenvalue weighted by Gasteiger charge is -2.09. The molecule has 0 fully saturated rings. The van der Waals surface area contributed by atoms with E-state index in [-0.39, 0.29) is 30.2 Å². The van der Waals surface area contributed by atoms with Crippen LogP contribution in [0.25, 0.3) is 0 Å². The van der Waals surface area contributed by atoms with Crippen LogP contribution < -0.4 is 16.4 Å². The summed E-state index contributed by atoms with van der Waals surface area (Å²) in [7, 11) is 0. The van der Waals surface area contributed by atoms with Crippen molar-refractivity contribution in [3.63, 3.8) is 0 Å². The fourth-order valence-corrected chi connectivity index (χ4v) is 1.45. The molecule has 4 N–H and O–H groups in total. The third-order valence-electron chi connectivity index (χ3n) is 2.24. The minimum atomic E-state index is -0.558. The van der Waals surface area contributed by atoms with Crippen molar-refractivity contribution in [1.82, 2.24) is 9.97 Å². The molecule has 0 radical (unpaired) electrons. The molecule has 0 aliphatic heterocycles. The Kier molecular flexibility index (Phi) is 4.98. The number of nitrogens with zero attached hydrogens (tertiary/aromatic N) is 3. The molecule has 0 saturated carbocycles. The number of nitrogens with one attached hydrogen (secondary N) is 2. The van der Waals surface area contributed by atoms with Crippen LogP contribution in [0.4, 0.5) is 17.5 Å². The molecular weight excluding hydrogens is 252 g/mol. The molecular formula is C10H16N6O3. The van der Waals surface area contributed by atoms with Gasteiger partial charge < -0.3 is 16.4 Å². The summed E-state index contributed by atoms with van der Waals surface area (Å²) in [6.07, 6.45) is 0.0662. The number of rotatable bonds is 7. The number of amides is 1. The van der Waals surface area contributed by atoms with Crippen LogP contribution >= 0.6 is 0 Å². The van der Waals surface area contributed by atoms with Crippen LogP contribution in [0.2, 0.25) is 0 Å². The summed E-state index contributed by atoms with van der Waals surface area (Å²) in [5, 5.41) is 16.6. The summed E-state index contributed by atoms with van der Waals surface area (Å²) in [5.74, 6) is -0.116. The van der Waals surface area contributed by atoms with Gasteiger partial charge in [0.1, 0.15) is 5.69 Å². The highest BCUT2D eigenvalue weighted by Gasteiger charge is 2.21. The quantitative estimate of drug-likeness (QED) is 0.481. The standard InChI is InChI=1S/C10H16N6O3/c1-3-12-10-14-6(2)8(16(18)19)9(15-10)13-5-4-7(11)17/h3-5H2,1-2H3,(H2,11,17)(H2,12,13,14,15). The third-order valence-corrected chi connectivity index (χ3v) is 2.24. The molecule has 1 heterocycles. The topological polar surface area (TPSA) is 136 Å². The van der Waals surface area contributed by atoms with Crippen LogP contribution in [0, 0.1) is 17.0 Å². The van der Waals surface area contributed by atoms with Gasteiger partial charge in [-0.25, -0.2) is 4.98 Å². The lowest BCUT2D eigenvalue weighted by molar-refractivity contribution is -0.385. The van der Waals surface area contributed by atoms with Gasteiger partial charge in [-0.05, 0) is 13.8 Å². The Morgan fingerprint density at radius 2 is 2.11 bits per heavy atom. The zero-order valence-electron chi connectivity index (χ0n) is 10.8. The number of hydrogen-bond donors (Lipinski definition) is 3. The lowest BCUT2D eigenvalue weighted by atomic mass is 10.3. The number of hydrogen-bond acceptors (Lipinski definition) is 7. The van der Waals surface area contributed by atoms with E-state index in [1.165, 1.54) is 6.92 Å². The van der Waals surface area contributed by atoms with Gasteiger partial charge in [0.15, 0.2) is 0 Å². The van der Waals surface area contributed by atoms with E-state index in [1.54, 1.807) is 0 Å². The van der Waals surface area contributed by atoms with E-state index in [0.717, 1.165) is 0 Å². The maximum atomic E-state index is 11.0. The molecule has 1 rings (SSSR count). The van der Waals surface area contributed by atoms with Crippen molar-refractivity contribution in [3.8, 4) is 0 Å². The zero-order chi connectivity index (χ0) is 14.4. The molecule has 0 bridgehead atoms. The van der Waals surface area contributed by atoms with Crippen molar-refractivity contribution in [3.05, 3.63) is 15.8 Å². The molecule has 0 saturated heterocycles. The molecule has 1 aromatic rings. The highest BCUT2D eigenvalue weighted by molar-refractivity contribution is 5.74. The van der Waals surface area contributed by atoms with E-state index in [9.17, 15) is 14.9 Å². The van der Waals surface area contributed by atoms with Gasteiger partial charge >= 0.3 is 5.69 Å². The first-order valence-electron chi connectivity index (χ1n) is 5.74. The molecule has 0 atom stereocenters. The predicted molar refractivity (Wildman–Crippen MR) is 69.9 cm³/mol. The highest BCUT2D eigenvalue weighted by atomic mass is 16.6. The Balaban J connectivity index is 3.02. The molecule has 104 valence electrons. The monoisotopic (exact) mass is 268 g/mol. The van der Waals surface area contributed by atoms with Gasteiger partial charge in [-0.1, -0.05) is 0 Å². The van der Waals surface area contributed by atoms with Gasteiger partial charge in [0.05, 0.1) is 4.92 Å². The van der Waals surface area contributed by atoms with Crippen LogP contribution in [0.15, 0.2) is 0 Å². The van der Waals surface area contributed by atoms with E-state index in [2.05, 4.69) is 20.6 Å². The SMILES string of the molecule is CCNc1nc(C)c([N+](=O)[O-])c(NCCC(N)=O)n1. The number of primary amides is 1. The van der Waals surface area contributed by atoms with Crippen molar-refractivity contribution in [2.45, 2.75) is 20.3 Å². The summed E-state index contributed by atoms with van der Waals surface area (Å²) in [4.78, 5) is 29.1. The molecule has 0 unspecified atom stereocenters. The van der Waals surface area contributed by atoms with Crippen molar-refractivity contribution >= 4 is 23.4 Å². The van der Waals surface area contributed by atoms with Gasteiger partial charge in [-0.3, -0.25) is 14.9 Å². The number of anilines is 2. The number of carbonyl (C=O) groups is 1. The van der Waals surface area contributed by atoms with E-state index >= 15 is 0 Å². The molecule has 9 heteroatoms. The average molecular weight is 268 g/mol. The first kappa shape index (κ1) is 14.6. The summed E-state index contributed by atoms with van der Waals surface area (Å²) in [5.41, 5.74) is 5.05. The number of aryl methyl sites for hydroxylation is 1. The van der Waals surface area contributed by atoms with E-state index in [1.807, 2.05) is 6.92 Å². The number of nitro groups is 1. The van der Waals surface area contributed by atoms with Gasteiger partial charge in [0.25, 0.3) is 0 Å². The zero-order valence-corrected chi connectivity index (χ0v) is 10.8. The van der Waals surface area contributed by atoms with Gasteiger partial charge in [-0.15, -0.1) is 0 Å². The second-order valence-electron chi connectivity index (χ2n) is 3.76. The molecule has 0 aliphatic carbocycles. The second kappa shape index (κ2) is 6.47. The third kappa shape index (κ3) is 4.05. The maximum Gasteiger partial charge on any atom is 0.332 e. The Hall–Kier alpha value is -2.45. The predicted octanol–water partition coefficient (Wildman–Crippen LogP) is 0.412. The maximum absolute atomic E-state index is 11.0. The molecule has 9 nitrogen and oxygen atoms in total. The van der Waals surface area contributed by atoms with Crippen LogP contribution in [-0.4, -0.2) is 33.9 Å². The molecule has 1 aromatic heterocycles. The Morgan fingerprint density at radius 1 is 1.42 bits per heavy atom. The fraction of sp³-hybridized carbons (Fsp3) is 0.500. The van der Waals surface area contributed by atoms with Crippen LogP contribution in [0.5, 0.6) is 0 Å². The summed E-state index contributed by atoms with van der Waals surface area (Å²) >= 11 is 0. The van der Waals surface area contributed by atoms with Gasteiger partial charge in [0.2, 0.25) is 17.7 Å². The molecule has 19 heavy (non-hydrogen) atoms. The minimum Gasteiger partial charge on any atom is -0.370 e. The summed E-state index contributed by atoms with van der Waals surface area (Å²) in [6.45, 7) is 4.16. The smallest absolute Gasteiger partial charge is 0.332 e. The van der Waals surface area contributed by atoms with E-state index < -0.39 is 10.8 Å². The van der Waals surface area contributed by atoms with Crippen molar-refractivity contribution < 1.29 is 9.72 Å². The fourth-order valence-electron chi connectivity index (χ4n) is 1.45. The van der Waals surface area contributed by atoms with Crippen LogP contribution in [0.1, 0.15) is 19.0 Å².